The summed E-state index contributed by atoms with van der Waals surface area (Å²) in [6.45, 7) is 10.6. The summed E-state index contributed by atoms with van der Waals surface area (Å²) in [4.78, 5) is 26.5. The first-order valence-corrected chi connectivity index (χ1v) is 7.46. The highest BCUT2D eigenvalue weighted by Crippen LogP contribution is 2.28. The lowest BCUT2D eigenvalue weighted by Crippen LogP contribution is -2.58. The number of carbonyl (C=O) groups is 2. The van der Waals surface area contributed by atoms with E-state index in [9.17, 15) is 9.59 Å². The third kappa shape index (κ3) is 3.72. The summed E-state index contributed by atoms with van der Waals surface area (Å²) in [5.74, 6) is -0.175. The standard InChI is InChI=1S/C15H29N3O2/c1-11(12(19)18-9-7-6-8-10-18)17-13(20)14(2,3)15(4,5)16/h11H,6-10,16H2,1-5H3,(H,17,20). The molecule has 2 amide bonds. The molecule has 116 valence electrons. The first-order chi connectivity index (χ1) is 9.07. The minimum absolute atomic E-state index is 0.00341. The van der Waals surface area contributed by atoms with E-state index < -0.39 is 17.0 Å². The van der Waals surface area contributed by atoms with Gasteiger partial charge < -0.3 is 16.0 Å². The Kier molecular flexibility index (Phi) is 5.19. The van der Waals surface area contributed by atoms with Gasteiger partial charge in [-0.2, -0.15) is 0 Å². The van der Waals surface area contributed by atoms with Gasteiger partial charge in [0.1, 0.15) is 6.04 Å². The van der Waals surface area contributed by atoms with Crippen LogP contribution in [-0.2, 0) is 9.59 Å². The molecule has 0 radical (unpaired) electrons. The average molecular weight is 283 g/mol. The number of hydrogen-bond donors (Lipinski definition) is 2. The topological polar surface area (TPSA) is 75.4 Å². The summed E-state index contributed by atoms with van der Waals surface area (Å²) in [5.41, 5.74) is 4.67. The third-order valence-corrected chi connectivity index (χ3v) is 4.56. The molecule has 1 rings (SSSR count). The Morgan fingerprint density at radius 3 is 2.05 bits per heavy atom. The number of carbonyl (C=O) groups excluding carboxylic acids is 2. The van der Waals surface area contributed by atoms with Crippen LogP contribution in [0.1, 0.15) is 53.9 Å². The Hall–Kier alpha value is -1.10. The molecule has 5 nitrogen and oxygen atoms in total. The highest BCUT2D eigenvalue weighted by atomic mass is 16.2. The maximum Gasteiger partial charge on any atom is 0.244 e. The number of amides is 2. The minimum atomic E-state index is -0.733. The zero-order valence-corrected chi connectivity index (χ0v) is 13.5. The molecule has 1 unspecified atom stereocenters. The first-order valence-electron chi connectivity index (χ1n) is 7.46. The number of rotatable bonds is 4. The summed E-state index contributed by atoms with van der Waals surface area (Å²) in [6.07, 6.45) is 3.28. The van der Waals surface area contributed by atoms with Gasteiger partial charge in [0, 0.05) is 18.6 Å². The van der Waals surface area contributed by atoms with Gasteiger partial charge in [0.15, 0.2) is 0 Å². The second-order valence-corrected chi connectivity index (χ2v) is 6.93. The van der Waals surface area contributed by atoms with Gasteiger partial charge in [0.05, 0.1) is 5.41 Å². The fourth-order valence-electron chi connectivity index (χ4n) is 2.12. The molecule has 0 aromatic carbocycles. The molecule has 1 aliphatic rings. The summed E-state index contributed by atoms with van der Waals surface area (Å²) in [6, 6.07) is -0.498. The van der Waals surface area contributed by atoms with E-state index >= 15 is 0 Å². The second kappa shape index (κ2) is 6.12. The summed E-state index contributed by atoms with van der Waals surface area (Å²) >= 11 is 0. The van der Waals surface area contributed by atoms with Crippen LogP contribution in [0.4, 0.5) is 0 Å². The quantitative estimate of drug-likeness (QED) is 0.816. The lowest BCUT2D eigenvalue weighted by molar-refractivity contribution is -0.140. The van der Waals surface area contributed by atoms with E-state index in [-0.39, 0.29) is 11.8 Å². The van der Waals surface area contributed by atoms with Crippen molar-refractivity contribution < 1.29 is 9.59 Å². The summed E-state index contributed by atoms with van der Waals surface area (Å²) in [5, 5.41) is 2.81. The van der Waals surface area contributed by atoms with Gasteiger partial charge in [-0.1, -0.05) is 0 Å². The molecular weight excluding hydrogens is 254 g/mol. The van der Waals surface area contributed by atoms with Crippen molar-refractivity contribution in [1.82, 2.24) is 10.2 Å². The van der Waals surface area contributed by atoms with E-state index in [2.05, 4.69) is 5.32 Å². The Morgan fingerprint density at radius 2 is 1.60 bits per heavy atom. The minimum Gasteiger partial charge on any atom is -0.344 e. The van der Waals surface area contributed by atoms with Crippen LogP contribution in [-0.4, -0.2) is 41.4 Å². The van der Waals surface area contributed by atoms with Gasteiger partial charge in [0.25, 0.3) is 0 Å². The van der Waals surface area contributed by atoms with Crippen LogP contribution in [0.5, 0.6) is 0 Å². The van der Waals surface area contributed by atoms with Crippen LogP contribution in [0.2, 0.25) is 0 Å². The number of piperidine rings is 1. The molecule has 5 heteroatoms. The molecule has 1 saturated heterocycles. The number of nitrogens with one attached hydrogen (secondary N) is 1. The molecule has 0 bridgehead atoms. The Bertz CT molecular complexity index is 366. The van der Waals surface area contributed by atoms with E-state index in [1.165, 1.54) is 6.42 Å². The van der Waals surface area contributed by atoms with E-state index in [4.69, 9.17) is 5.73 Å². The lowest BCUT2D eigenvalue weighted by atomic mass is 9.74. The molecule has 0 spiro atoms. The summed E-state index contributed by atoms with van der Waals surface area (Å²) < 4.78 is 0. The van der Waals surface area contributed by atoms with E-state index in [0.29, 0.717) is 0 Å². The molecule has 3 N–H and O–H groups in total. The van der Waals surface area contributed by atoms with Crippen LogP contribution in [0.3, 0.4) is 0 Å². The monoisotopic (exact) mass is 283 g/mol. The lowest BCUT2D eigenvalue weighted by Gasteiger charge is -2.38. The van der Waals surface area contributed by atoms with Crippen molar-refractivity contribution in [3.63, 3.8) is 0 Å². The Morgan fingerprint density at radius 1 is 1.10 bits per heavy atom. The third-order valence-electron chi connectivity index (χ3n) is 4.56. The molecule has 1 aliphatic heterocycles. The SMILES string of the molecule is CC(NC(=O)C(C)(C)C(C)(C)N)C(=O)N1CCCCC1. The highest BCUT2D eigenvalue weighted by molar-refractivity contribution is 5.90. The van der Waals surface area contributed by atoms with Gasteiger partial charge in [-0.05, 0) is 53.9 Å². The number of nitrogens with two attached hydrogens (primary N) is 1. The van der Waals surface area contributed by atoms with E-state index in [1.807, 2.05) is 18.7 Å². The van der Waals surface area contributed by atoms with Crippen LogP contribution in [0, 0.1) is 5.41 Å². The van der Waals surface area contributed by atoms with Gasteiger partial charge in [0.2, 0.25) is 11.8 Å². The van der Waals surface area contributed by atoms with Gasteiger partial charge in [-0.15, -0.1) is 0 Å². The highest BCUT2D eigenvalue weighted by Gasteiger charge is 2.41. The molecule has 20 heavy (non-hydrogen) atoms. The normalized spacial score (nSPS) is 18.6. The molecule has 0 aromatic heterocycles. The largest absolute Gasteiger partial charge is 0.344 e. The predicted molar refractivity (Wildman–Crippen MR) is 80.1 cm³/mol. The molecule has 0 saturated carbocycles. The van der Waals surface area contributed by atoms with Crippen LogP contribution in [0.25, 0.3) is 0 Å². The molecule has 1 fully saturated rings. The van der Waals surface area contributed by atoms with Crippen LogP contribution >= 0.6 is 0 Å². The van der Waals surface area contributed by atoms with E-state index in [1.54, 1.807) is 20.8 Å². The van der Waals surface area contributed by atoms with Crippen molar-refractivity contribution in [3.8, 4) is 0 Å². The van der Waals surface area contributed by atoms with Crippen LogP contribution in [0.15, 0.2) is 0 Å². The molecule has 1 heterocycles. The first kappa shape index (κ1) is 17.0. The predicted octanol–water partition coefficient (Wildman–Crippen LogP) is 1.27. The molecular formula is C15H29N3O2. The second-order valence-electron chi connectivity index (χ2n) is 6.93. The molecule has 1 atom stereocenters. The van der Waals surface area contributed by atoms with Crippen molar-refractivity contribution in [2.24, 2.45) is 11.1 Å². The smallest absolute Gasteiger partial charge is 0.244 e. The maximum absolute atomic E-state index is 12.3. The molecule has 0 aliphatic carbocycles. The van der Waals surface area contributed by atoms with Crippen LogP contribution < -0.4 is 11.1 Å². The molecule has 0 aromatic rings. The maximum atomic E-state index is 12.3. The zero-order valence-electron chi connectivity index (χ0n) is 13.5. The Balaban J connectivity index is 2.63. The van der Waals surface area contributed by atoms with Crippen molar-refractivity contribution in [3.05, 3.63) is 0 Å². The average Bonchev–Trinajstić information content (AvgIpc) is 2.37. The fourth-order valence-corrected chi connectivity index (χ4v) is 2.12. The number of likely N-dealkylation sites (tertiary alicyclic amines) is 1. The van der Waals surface area contributed by atoms with E-state index in [0.717, 1.165) is 25.9 Å². The number of nitrogens with zero attached hydrogens (tertiary/aromatic N) is 1. The van der Waals surface area contributed by atoms with Crippen molar-refractivity contribution in [1.29, 1.82) is 0 Å². The van der Waals surface area contributed by atoms with Gasteiger partial charge >= 0.3 is 0 Å². The fraction of sp³-hybridized carbons (Fsp3) is 0.867. The zero-order chi connectivity index (χ0) is 15.6. The van der Waals surface area contributed by atoms with Crippen molar-refractivity contribution in [2.75, 3.05) is 13.1 Å². The summed E-state index contributed by atoms with van der Waals surface area (Å²) in [7, 11) is 0. The van der Waals surface area contributed by atoms with Crippen molar-refractivity contribution >= 4 is 11.8 Å². The number of hydrogen-bond acceptors (Lipinski definition) is 3. The van der Waals surface area contributed by atoms with Crippen molar-refractivity contribution in [2.45, 2.75) is 65.5 Å². The van der Waals surface area contributed by atoms with Gasteiger partial charge in [-0.3, -0.25) is 9.59 Å². The van der Waals surface area contributed by atoms with Gasteiger partial charge in [-0.25, -0.2) is 0 Å². The Labute approximate surface area is 122 Å².